The minimum atomic E-state index is -4.60. The second-order valence-electron chi connectivity index (χ2n) is 5.12. The third-order valence-corrected chi connectivity index (χ3v) is 3.62. The zero-order valence-corrected chi connectivity index (χ0v) is 12.1. The average molecular weight is 318 g/mol. The lowest BCUT2D eigenvalue weighted by molar-refractivity contribution is -0.384. The van der Waals surface area contributed by atoms with Crippen molar-refractivity contribution in [1.82, 2.24) is 0 Å². The number of hydrogen-bond acceptors (Lipinski definition) is 4. The molecule has 1 aliphatic rings. The Balaban J connectivity index is 2.32. The molecule has 0 bridgehead atoms. The van der Waals surface area contributed by atoms with E-state index in [4.69, 9.17) is 4.74 Å². The first-order valence-electron chi connectivity index (χ1n) is 7.05. The summed E-state index contributed by atoms with van der Waals surface area (Å²) in [5, 5.41) is 11.1. The van der Waals surface area contributed by atoms with Gasteiger partial charge in [-0.05, 0) is 31.9 Å². The molecule has 122 valence electrons. The molecule has 0 aromatic heterocycles. The Morgan fingerprint density at radius 3 is 2.77 bits per heavy atom. The summed E-state index contributed by atoms with van der Waals surface area (Å²) in [6, 6.07) is 2.65. The molecule has 0 saturated carbocycles. The number of alkyl halides is 3. The molecular formula is C14H17F3N2O3. The maximum absolute atomic E-state index is 12.7. The first-order chi connectivity index (χ1) is 10.3. The predicted molar refractivity (Wildman–Crippen MR) is 75.0 cm³/mol. The minimum absolute atomic E-state index is 0.0550. The van der Waals surface area contributed by atoms with Crippen molar-refractivity contribution in [3.63, 3.8) is 0 Å². The summed E-state index contributed by atoms with van der Waals surface area (Å²) in [5.41, 5.74) is -1.32. The molecule has 1 unspecified atom stereocenters. The zero-order valence-electron chi connectivity index (χ0n) is 12.1. The second kappa shape index (κ2) is 6.51. The Morgan fingerprint density at radius 2 is 2.18 bits per heavy atom. The molecule has 2 rings (SSSR count). The van der Waals surface area contributed by atoms with E-state index in [-0.39, 0.29) is 11.8 Å². The molecule has 5 nitrogen and oxygen atoms in total. The lowest BCUT2D eigenvalue weighted by Gasteiger charge is -2.33. The van der Waals surface area contributed by atoms with Gasteiger partial charge in [-0.2, -0.15) is 13.2 Å². The van der Waals surface area contributed by atoms with Crippen LogP contribution in [0.4, 0.5) is 24.5 Å². The van der Waals surface area contributed by atoms with E-state index in [0.29, 0.717) is 25.8 Å². The molecule has 1 heterocycles. The van der Waals surface area contributed by atoms with Crippen LogP contribution in [0.3, 0.4) is 0 Å². The van der Waals surface area contributed by atoms with Crippen molar-refractivity contribution >= 4 is 11.4 Å². The normalized spacial score (nSPS) is 19.3. The van der Waals surface area contributed by atoms with Gasteiger partial charge in [0.15, 0.2) is 0 Å². The fraction of sp³-hybridized carbons (Fsp3) is 0.571. The van der Waals surface area contributed by atoms with Crippen molar-refractivity contribution in [1.29, 1.82) is 0 Å². The number of nitro groups is 1. The highest BCUT2D eigenvalue weighted by Gasteiger charge is 2.34. The first-order valence-corrected chi connectivity index (χ1v) is 7.05. The molecule has 8 heteroatoms. The Labute approximate surface area is 125 Å². The monoisotopic (exact) mass is 318 g/mol. The van der Waals surface area contributed by atoms with Gasteiger partial charge in [0, 0.05) is 25.8 Å². The smallest absolute Gasteiger partial charge is 0.377 e. The molecule has 1 fully saturated rings. The zero-order chi connectivity index (χ0) is 16.3. The van der Waals surface area contributed by atoms with Crippen molar-refractivity contribution in [2.24, 2.45) is 0 Å². The van der Waals surface area contributed by atoms with Crippen LogP contribution in [0.2, 0.25) is 0 Å². The van der Waals surface area contributed by atoms with Crippen LogP contribution < -0.4 is 4.90 Å². The van der Waals surface area contributed by atoms with Gasteiger partial charge in [0.25, 0.3) is 5.69 Å². The van der Waals surface area contributed by atoms with Crippen molar-refractivity contribution in [3.05, 3.63) is 33.9 Å². The van der Waals surface area contributed by atoms with Gasteiger partial charge < -0.3 is 9.64 Å². The number of nitrogens with zero attached hydrogens (tertiary/aromatic N) is 2. The fourth-order valence-electron chi connectivity index (χ4n) is 2.64. The topological polar surface area (TPSA) is 55.6 Å². The number of rotatable bonds is 4. The van der Waals surface area contributed by atoms with Gasteiger partial charge in [0.1, 0.15) is 5.69 Å². The van der Waals surface area contributed by atoms with E-state index in [1.54, 1.807) is 4.90 Å². The lowest BCUT2D eigenvalue weighted by atomic mass is 10.1. The van der Waals surface area contributed by atoms with Gasteiger partial charge in [-0.25, -0.2) is 0 Å². The number of anilines is 1. The van der Waals surface area contributed by atoms with Gasteiger partial charge in [-0.15, -0.1) is 0 Å². The standard InChI is InChI=1S/C14H17F3N2O3/c1-2-22-11-4-3-7-18(9-11)12-6-5-10(14(15,16)17)8-13(12)19(20)21/h5-6,8,11H,2-4,7,9H2,1H3. The van der Waals surface area contributed by atoms with Crippen LogP contribution >= 0.6 is 0 Å². The van der Waals surface area contributed by atoms with Crippen molar-refractivity contribution in [3.8, 4) is 0 Å². The van der Waals surface area contributed by atoms with E-state index >= 15 is 0 Å². The van der Waals surface area contributed by atoms with Crippen LogP contribution in [0, 0.1) is 10.1 Å². The Hall–Kier alpha value is -1.83. The Kier molecular flexibility index (Phi) is 4.90. The molecule has 1 aromatic carbocycles. The maximum Gasteiger partial charge on any atom is 0.416 e. The highest BCUT2D eigenvalue weighted by Crippen LogP contribution is 2.37. The summed E-state index contributed by atoms with van der Waals surface area (Å²) in [4.78, 5) is 12.1. The van der Waals surface area contributed by atoms with Gasteiger partial charge in [-0.3, -0.25) is 10.1 Å². The van der Waals surface area contributed by atoms with E-state index in [2.05, 4.69) is 0 Å². The molecule has 1 atom stereocenters. The quantitative estimate of drug-likeness (QED) is 0.628. The van der Waals surface area contributed by atoms with Crippen LogP contribution in [0.5, 0.6) is 0 Å². The van der Waals surface area contributed by atoms with Gasteiger partial charge in [0.05, 0.1) is 16.6 Å². The minimum Gasteiger partial charge on any atom is -0.377 e. The molecule has 0 N–H and O–H groups in total. The molecule has 0 radical (unpaired) electrons. The summed E-state index contributed by atoms with van der Waals surface area (Å²) in [5.74, 6) is 0. The van der Waals surface area contributed by atoms with Crippen LogP contribution in [-0.4, -0.2) is 30.7 Å². The highest BCUT2D eigenvalue weighted by molar-refractivity contribution is 5.65. The number of halogens is 3. The average Bonchev–Trinajstić information content (AvgIpc) is 2.46. The third kappa shape index (κ3) is 3.68. The molecule has 0 aliphatic carbocycles. The predicted octanol–water partition coefficient (Wildman–Crippen LogP) is 3.62. The van der Waals surface area contributed by atoms with E-state index in [1.165, 1.54) is 6.07 Å². The molecule has 1 aromatic rings. The summed E-state index contributed by atoms with van der Waals surface area (Å²) in [7, 11) is 0. The Morgan fingerprint density at radius 1 is 1.45 bits per heavy atom. The fourth-order valence-corrected chi connectivity index (χ4v) is 2.64. The summed E-state index contributed by atoms with van der Waals surface area (Å²) in [6.07, 6.45) is -3.03. The summed E-state index contributed by atoms with van der Waals surface area (Å²) < 4.78 is 43.7. The van der Waals surface area contributed by atoms with E-state index in [0.717, 1.165) is 18.9 Å². The van der Waals surface area contributed by atoms with E-state index in [9.17, 15) is 23.3 Å². The van der Waals surface area contributed by atoms with Gasteiger partial charge >= 0.3 is 6.18 Å². The van der Waals surface area contributed by atoms with Crippen molar-refractivity contribution < 1.29 is 22.8 Å². The molecule has 22 heavy (non-hydrogen) atoms. The molecule has 1 aliphatic heterocycles. The highest BCUT2D eigenvalue weighted by atomic mass is 19.4. The maximum atomic E-state index is 12.7. The summed E-state index contributed by atoms with van der Waals surface area (Å²) in [6.45, 7) is 3.41. The van der Waals surface area contributed by atoms with Crippen LogP contribution in [0.25, 0.3) is 0 Å². The van der Waals surface area contributed by atoms with Gasteiger partial charge in [0.2, 0.25) is 0 Å². The first kappa shape index (κ1) is 16.5. The molecular weight excluding hydrogens is 301 g/mol. The Bertz CT molecular complexity index is 547. The number of nitro benzene ring substituents is 1. The molecule has 1 saturated heterocycles. The van der Waals surface area contributed by atoms with E-state index < -0.39 is 22.4 Å². The SMILES string of the molecule is CCOC1CCCN(c2ccc(C(F)(F)F)cc2[N+](=O)[O-])C1. The lowest BCUT2D eigenvalue weighted by Crippen LogP contribution is -2.40. The van der Waals surface area contributed by atoms with E-state index in [1.807, 2.05) is 6.92 Å². The number of piperidine rings is 1. The van der Waals surface area contributed by atoms with Crippen LogP contribution in [-0.2, 0) is 10.9 Å². The van der Waals surface area contributed by atoms with Crippen LogP contribution in [0.1, 0.15) is 25.3 Å². The van der Waals surface area contributed by atoms with Crippen LogP contribution in [0.15, 0.2) is 18.2 Å². The van der Waals surface area contributed by atoms with Crippen molar-refractivity contribution in [2.45, 2.75) is 32.0 Å². The third-order valence-electron chi connectivity index (χ3n) is 3.62. The van der Waals surface area contributed by atoms with Gasteiger partial charge in [-0.1, -0.05) is 0 Å². The molecule has 0 spiro atoms. The summed E-state index contributed by atoms with van der Waals surface area (Å²) >= 11 is 0. The van der Waals surface area contributed by atoms with Crippen molar-refractivity contribution in [2.75, 3.05) is 24.6 Å². The molecule has 0 amide bonds. The number of benzene rings is 1. The number of ether oxygens (including phenoxy) is 1. The number of hydrogen-bond donors (Lipinski definition) is 0. The second-order valence-corrected chi connectivity index (χ2v) is 5.12. The largest absolute Gasteiger partial charge is 0.416 e.